The second kappa shape index (κ2) is 5.60. The van der Waals surface area contributed by atoms with E-state index in [0.717, 1.165) is 12.8 Å². The number of sulfonamides is 1. The second-order valence-electron chi connectivity index (χ2n) is 4.85. The summed E-state index contributed by atoms with van der Waals surface area (Å²) < 4.78 is 32.4. The van der Waals surface area contributed by atoms with Gasteiger partial charge in [-0.3, -0.25) is 5.10 Å². The number of rotatable bonds is 4. The largest absolute Gasteiger partial charge is 0.377 e. The number of hydrogen-bond donors (Lipinski definition) is 1. The highest BCUT2D eigenvalue weighted by atomic mass is 32.2. The van der Waals surface area contributed by atoms with Gasteiger partial charge in [-0.1, -0.05) is 0 Å². The molecule has 1 N–H and O–H groups in total. The Morgan fingerprint density at radius 2 is 2.21 bits per heavy atom. The first-order valence-electron chi connectivity index (χ1n) is 6.60. The fraction of sp³-hybridized carbons (Fsp3) is 0.750. The van der Waals surface area contributed by atoms with E-state index in [1.165, 1.54) is 4.31 Å². The molecule has 6 nitrogen and oxygen atoms in total. The Morgan fingerprint density at radius 3 is 2.79 bits per heavy atom. The monoisotopic (exact) mass is 287 g/mol. The first-order chi connectivity index (χ1) is 8.96. The molecule has 1 aromatic rings. The normalized spacial score (nSPS) is 21.7. The Hall–Kier alpha value is -0.920. The molecule has 0 spiro atoms. The number of piperidine rings is 1. The van der Waals surface area contributed by atoms with E-state index in [4.69, 9.17) is 4.74 Å². The van der Waals surface area contributed by atoms with E-state index in [9.17, 15) is 8.42 Å². The maximum Gasteiger partial charge on any atom is 0.246 e. The van der Waals surface area contributed by atoms with Crippen molar-refractivity contribution < 1.29 is 13.2 Å². The van der Waals surface area contributed by atoms with Crippen LogP contribution in [0, 0.1) is 13.8 Å². The van der Waals surface area contributed by atoms with Gasteiger partial charge in [0.05, 0.1) is 17.5 Å². The smallest absolute Gasteiger partial charge is 0.246 e. The summed E-state index contributed by atoms with van der Waals surface area (Å²) in [5.74, 6) is 0. The lowest BCUT2D eigenvalue weighted by molar-refractivity contribution is 0.0265. The fourth-order valence-electron chi connectivity index (χ4n) is 2.54. The number of nitrogens with zero attached hydrogens (tertiary/aromatic N) is 2. The summed E-state index contributed by atoms with van der Waals surface area (Å²) in [7, 11) is -3.47. The van der Waals surface area contributed by atoms with Crippen molar-refractivity contribution in [2.45, 2.75) is 44.6 Å². The molecular weight excluding hydrogens is 266 g/mol. The van der Waals surface area contributed by atoms with Gasteiger partial charge in [0.2, 0.25) is 10.0 Å². The van der Waals surface area contributed by atoms with Gasteiger partial charge in [-0.15, -0.1) is 0 Å². The van der Waals surface area contributed by atoms with E-state index in [1.54, 1.807) is 13.8 Å². The SMILES string of the molecule is CCOC1CCCN(S(=O)(=O)c2c(C)n[nH]c2C)C1. The Kier molecular flexibility index (Phi) is 4.27. The van der Waals surface area contributed by atoms with Crippen LogP contribution in [0.2, 0.25) is 0 Å². The minimum absolute atomic E-state index is 0.000961. The Morgan fingerprint density at radius 1 is 1.47 bits per heavy atom. The lowest BCUT2D eigenvalue weighted by atomic mass is 10.1. The van der Waals surface area contributed by atoms with Gasteiger partial charge in [0.15, 0.2) is 0 Å². The molecule has 0 aromatic carbocycles. The lowest BCUT2D eigenvalue weighted by Crippen LogP contribution is -2.43. The van der Waals surface area contributed by atoms with Gasteiger partial charge in [-0.25, -0.2) is 8.42 Å². The lowest BCUT2D eigenvalue weighted by Gasteiger charge is -2.31. The average molecular weight is 287 g/mol. The Bertz CT molecular complexity index is 517. The standard InChI is InChI=1S/C12H21N3O3S/c1-4-18-11-6-5-7-15(8-11)19(16,17)12-9(2)13-14-10(12)3/h11H,4-8H2,1-3H3,(H,13,14). The van der Waals surface area contributed by atoms with Crippen molar-refractivity contribution in [1.82, 2.24) is 14.5 Å². The third kappa shape index (κ3) is 2.82. The molecule has 2 rings (SSSR count). The highest BCUT2D eigenvalue weighted by Crippen LogP contribution is 2.25. The maximum absolute atomic E-state index is 12.7. The maximum atomic E-state index is 12.7. The molecular formula is C12H21N3O3S. The minimum Gasteiger partial charge on any atom is -0.377 e. The molecule has 1 fully saturated rings. The first kappa shape index (κ1) is 14.5. The van der Waals surface area contributed by atoms with Crippen LogP contribution in [0.4, 0.5) is 0 Å². The molecule has 2 heterocycles. The van der Waals surface area contributed by atoms with Crippen molar-refractivity contribution in [3.63, 3.8) is 0 Å². The molecule has 1 unspecified atom stereocenters. The molecule has 1 aliphatic heterocycles. The summed E-state index contributed by atoms with van der Waals surface area (Å²) in [5.41, 5.74) is 1.12. The van der Waals surface area contributed by atoms with Crippen LogP contribution < -0.4 is 0 Å². The van der Waals surface area contributed by atoms with Gasteiger partial charge in [0.25, 0.3) is 0 Å². The number of nitrogens with one attached hydrogen (secondary N) is 1. The van der Waals surface area contributed by atoms with E-state index >= 15 is 0 Å². The Labute approximate surface area is 114 Å². The van der Waals surface area contributed by atoms with Crippen molar-refractivity contribution in [3.8, 4) is 0 Å². The zero-order valence-corrected chi connectivity index (χ0v) is 12.5. The third-order valence-electron chi connectivity index (χ3n) is 3.40. The van der Waals surface area contributed by atoms with Crippen LogP contribution in [0.15, 0.2) is 4.90 Å². The highest BCUT2D eigenvalue weighted by molar-refractivity contribution is 7.89. The van der Waals surface area contributed by atoms with E-state index in [2.05, 4.69) is 10.2 Å². The summed E-state index contributed by atoms with van der Waals surface area (Å²) >= 11 is 0. The quantitative estimate of drug-likeness (QED) is 0.903. The molecule has 1 aromatic heterocycles. The number of hydrogen-bond acceptors (Lipinski definition) is 4. The van der Waals surface area contributed by atoms with E-state index < -0.39 is 10.0 Å². The van der Waals surface area contributed by atoms with Crippen LogP contribution in [0.3, 0.4) is 0 Å². The van der Waals surface area contributed by atoms with Gasteiger partial charge < -0.3 is 4.74 Å². The van der Waals surface area contributed by atoms with Crippen molar-refractivity contribution in [2.24, 2.45) is 0 Å². The van der Waals surface area contributed by atoms with Crippen LogP contribution in [0.25, 0.3) is 0 Å². The number of H-pyrrole nitrogens is 1. The average Bonchev–Trinajstić information content (AvgIpc) is 2.70. The predicted octanol–water partition coefficient (Wildman–Crippen LogP) is 1.22. The first-order valence-corrected chi connectivity index (χ1v) is 8.04. The summed E-state index contributed by atoms with van der Waals surface area (Å²) in [5, 5.41) is 6.70. The van der Waals surface area contributed by atoms with Crippen LogP contribution in [-0.4, -0.2) is 48.7 Å². The van der Waals surface area contributed by atoms with Crippen LogP contribution in [-0.2, 0) is 14.8 Å². The van der Waals surface area contributed by atoms with Crippen molar-refractivity contribution >= 4 is 10.0 Å². The minimum atomic E-state index is -3.47. The van der Waals surface area contributed by atoms with Crippen molar-refractivity contribution in [2.75, 3.05) is 19.7 Å². The van der Waals surface area contributed by atoms with Crippen LogP contribution in [0.5, 0.6) is 0 Å². The van der Waals surface area contributed by atoms with Crippen LogP contribution >= 0.6 is 0 Å². The van der Waals surface area contributed by atoms with Crippen molar-refractivity contribution in [1.29, 1.82) is 0 Å². The van der Waals surface area contributed by atoms with Crippen LogP contribution in [0.1, 0.15) is 31.2 Å². The van der Waals surface area contributed by atoms with Gasteiger partial charge >= 0.3 is 0 Å². The fourth-order valence-corrected chi connectivity index (χ4v) is 4.39. The van der Waals surface area contributed by atoms with E-state index in [-0.39, 0.29) is 6.10 Å². The second-order valence-corrected chi connectivity index (χ2v) is 6.72. The molecule has 1 atom stereocenters. The topological polar surface area (TPSA) is 75.3 Å². The van der Waals surface area contributed by atoms with E-state index in [1.807, 2.05) is 6.92 Å². The molecule has 0 saturated carbocycles. The molecule has 108 valence electrons. The molecule has 7 heteroatoms. The number of aromatic amines is 1. The summed E-state index contributed by atoms with van der Waals surface area (Å²) in [6.45, 7) is 6.97. The predicted molar refractivity (Wildman–Crippen MR) is 71.5 cm³/mol. The molecule has 1 saturated heterocycles. The molecule has 0 aliphatic carbocycles. The van der Waals surface area contributed by atoms with Crippen molar-refractivity contribution in [3.05, 3.63) is 11.4 Å². The number of ether oxygens (including phenoxy) is 1. The molecule has 0 radical (unpaired) electrons. The van der Waals surface area contributed by atoms with Gasteiger partial charge in [0.1, 0.15) is 4.90 Å². The van der Waals surface area contributed by atoms with Gasteiger partial charge in [-0.2, -0.15) is 9.40 Å². The highest BCUT2D eigenvalue weighted by Gasteiger charge is 2.33. The summed E-state index contributed by atoms with van der Waals surface area (Å²) in [4.78, 5) is 0.310. The summed E-state index contributed by atoms with van der Waals surface area (Å²) in [6, 6.07) is 0. The van der Waals surface area contributed by atoms with Gasteiger partial charge in [-0.05, 0) is 33.6 Å². The van der Waals surface area contributed by atoms with E-state index in [0.29, 0.717) is 36.0 Å². The zero-order chi connectivity index (χ0) is 14.0. The van der Waals surface area contributed by atoms with Gasteiger partial charge in [0, 0.05) is 19.7 Å². The number of aryl methyl sites for hydroxylation is 2. The molecule has 0 bridgehead atoms. The Balaban J connectivity index is 2.25. The third-order valence-corrected chi connectivity index (χ3v) is 5.53. The molecule has 1 aliphatic rings. The number of aromatic nitrogens is 2. The summed E-state index contributed by atoms with van der Waals surface area (Å²) in [6.07, 6.45) is 1.75. The molecule has 0 amide bonds. The zero-order valence-electron chi connectivity index (χ0n) is 11.6. The molecule has 19 heavy (non-hydrogen) atoms.